The van der Waals surface area contributed by atoms with Crippen LogP contribution in [-0.4, -0.2) is 62.1 Å². The standard InChI is InChI=1S/C28H31N7O/c36-28(31-24-12-21(15-30-17-24)19-35-9-3-4-10-35)27-25-13-22(5-6-26(25)32-33-27)23-11-20(14-29-16-23)18-34-7-1-2-8-34/h5-6,11-17H,1-4,7-10,18-19H2,(H,31,36)(H,32,33). The third kappa shape index (κ3) is 5.01. The van der Waals surface area contributed by atoms with E-state index in [1.54, 1.807) is 6.20 Å². The van der Waals surface area contributed by atoms with E-state index in [1.807, 2.05) is 42.9 Å². The van der Waals surface area contributed by atoms with Gasteiger partial charge in [0.1, 0.15) is 0 Å². The van der Waals surface area contributed by atoms with Crippen molar-refractivity contribution in [2.45, 2.75) is 38.8 Å². The van der Waals surface area contributed by atoms with Crippen LogP contribution in [0.2, 0.25) is 0 Å². The van der Waals surface area contributed by atoms with Gasteiger partial charge in [-0.2, -0.15) is 5.10 Å². The Morgan fingerprint density at radius 3 is 2.19 bits per heavy atom. The number of fused-ring (bicyclic) bond motifs is 1. The molecule has 8 nitrogen and oxygen atoms in total. The summed E-state index contributed by atoms with van der Waals surface area (Å²) in [6.45, 7) is 6.33. The molecule has 2 fully saturated rings. The Labute approximate surface area is 210 Å². The number of benzene rings is 1. The number of carbonyl (C=O) groups is 1. The predicted molar refractivity (Wildman–Crippen MR) is 141 cm³/mol. The van der Waals surface area contributed by atoms with Crippen molar-refractivity contribution in [3.05, 3.63) is 71.9 Å². The molecule has 2 aliphatic heterocycles. The third-order valence-corrected chi connectivity index (χ3v) is 7.17. The number of pyridine rings is 2. The number of carbonyl (C=O) groups excluding carboxylic acids is 1. The second-order valence-electron chi connectivity index (χ2n) is 9.92. The second kappa shape index (κ2) is 10.2. The van der Waals surface area contributed by atoms with Crippen LogP contribution in [0.25, 0.3) is 22.0 Å². The minimum Gasteiger partial charge on any atom is -0.319 e. The smallest absolute Gasteiger partial charge is 0.276 e. The molecular weight excluding hydrogens is 450 g/mol. The van der Waals surface area contributed by atoms with E-state index in [0.717, 1.165) is 66.9 Å². The molecule has 0 spiro atoms. The maximum Gasteiger partial charge on any atom is 0.276 e. The van der Waals surface area contributed by atoms with Crippen LogP contribution in [0.5, 0.6) is 0 Å². The molecule has 4 aromatic rings. The summed E-state index contributed by atoms with van der Waals surface area (Å²) in [5, 5.41) is 11.1. The molecule has 2 N–H and O–H groups in total. The van der Waals surface area contributed by atoms with Crippen molar-refractivity contribution in [1.29, 1.82) is 0 Å². The molecule has 8 heteroatoms. The SMILES string of the molecule is O=C(Nc1cncc(CN2CCCC2)c1)c1n[nH]c2ccc(-c3cncc(CN4CCCC4)c3)cc12. The molecule has 1 aromatic carbocycles. The van der Waals surface area contributed by atoms with Gasteiger partial charge in [0.25, 0.3) is 5.91 Å². The van der Waals surface area contributed by atoms with Gasteiger partial charge in [-0.25, -0.2) is 0 Å². The Kier molecular flexibility index (Phi) is 6.44. The lowest BCUT2D eigenvalue weighted by atomic mass is 10.0. The topological polar surface area (TPSA) is 90.0 Å². The summed E-state index contributed by atoms with van der Waals surface area (Å²) < 4.78 is 0. The van der Waals surface area contributed by atoms with Crippen LogP contribution in [0, 0.1) is 0 Å². The first-order valence-corrected chi connectivity index (χ1v) is 12.8. The van der Waals surface area contributed by atoms with Crippen molar-refractivity contribution in [1.82, 2.24) is 30.0 Å². The van der Waals surface area contributed by atoms with Crippen molar-refractivity contribution in [3.63, 3.8) is 0 Å². The average Bonchev–Trinajstić information content (AvgIpc) is 3.67. The fourth-order valence-corrected chi connectivity index (χ4v) is 5.33. The van der Waals surface area contributed by atoms with Crippen molar-refractivity contribution in [3.8, 4) is 11.1 Å². The van der Waals surface area contributed by atoms with Crippen LogP contribution >= 0.6 is 0 Å². The molecular formula is C28H31N7O. The third-order valence-electron chi connectivity index (χ3n) is 7.17. The van der Waals surface area contributed by atoms with Gasteiger partial charge < -0.3 is 5.32 Å². The molecule has 6 rings (SSSR count). The number of aromatic nitrogens is 4. The van der Waals surface area contributed by atoms with Gasteiger partial charge in [-0.05, 0) is 92.8 Å². The number of nitrogens with one attached hydrogen (secondary N) is 2. The maximum absolute atomic E-state index is 13.2. The van der Waals surface area contributed by atoms with E-state index in [-0.39, 0.29) is 5.91 Å². The summed E-state index contributed by atoms with van der Waals surface area (Å²) in [5.41, 5.74) is 6.25. The number of hydrogen-bond acceptors (Lipinski definition) is 6. The molecule has 0 atom stereocenters. The van der Waals surface area contributed by atoms with Crippen LogP contribution in [0.3, 0.4) is 0 Å². The zero-order chi connectivity index (χ0) is 24.3. The minimum absolute atomic E-state index is 0.251. The molecule has 2 aliphatic rings. The van der Waals surface area contributed by atoms with Gasteiger partial charge in [-0.15, -0.1) is 0 Å². The number of aromatic amines is 1. The van der Waals surface area contributed by atoms with Crippen LogP contribution in [0.1, 0.15) is 47.3 Å². The van der Waals surface area contributed by atoms with Gasteiger partial charge in [0.2, 0.25) is 0 Å². The minimum atomic E-state index is -0.251. The van der Waals surface area contributed by atoms with Crippen LogP contribution in [0.4, 0.5) is 5.69 Å². The summed E-state index contributed by atoms with van der Waals surface area (Å²) >= 11 is 0. The van der Waals surface area contributed by atoms with Crippen LogP contribution < -0.4 is 5.32 Å². The quantitative estimate of drug-likeness (QED) is 0.405. The lowest BCUT2D eigenvalue weighted by Crippen LogP contribution is -2.19. The monoisotopic (exact) mass is 481 g/mol. The van der Waals surface area contributed by atoms with Crippen molar-refractivity contribution >= 4 is 22.5 Å². The summed E-state index contributed by atoms with van der Waals surface area (Å²) in [5.74, 6) is -0.251. The van der Waals surface area contributed by atoms with Crippen molar-refractivity contribution in [2.24, 2.45) is 0 Å². The number of anilines is 1. The molecule has 1 amide bonds. The van der Waals surface area contributed by atoms with Crippen LogP contribution in [0.15, 0.2) is 55.1 Å². The van der Waals surface area contributed by atoms with E-state index in [9.17, 15) is 4.79 Å². The highest BCUT2D eigenvalue weighted by Gasteiger charge is 2.17. The molecule has 5 heterocycles. The lowest BCUT2D eigenvalue weighted by molar-refractivity contribution is 0.102. The first-order valence-electron chi connectivity index (χ1n) is 12.8. The summed E-state index contributed by atoms with van der Waals surface area (Å²) in [6.07, 6.45) is 12.4. The number of nitrogens with zero attached hydrogens (tertiary/aromatic N) is 5. The van der Waals surface area contributed by atoms with Crippen LogP contribution in [-0.2, 0) is 13.1 Å². The van der Waals surface area contributed by atoms with E-state index < -0.39 is 0 Å². The molecule has 0 unspecified atom stereocenters. The lowest BCUT2D eigenvalue weighted by Gasteiger charge is -2.15. The normalized spacial score (nSPS) is 16.7. The second-order valence-corrected chi connectivity index (χ2v) is 9.92. The summed E-state index contributed by atoms with van der Waals surface area (Å²) in [4.78, 5) is 26.9. The van der Waals surface area contributed by atoms with Gasteiger partial charge in [0.05, 0.1) is 17.4 Å². The molecule has 3 aromatic heterocycles. The number of likely N-dealkylation sites (tertiary alicyclic amines) is 2. The van der Waals surface area contributed by atoms with E-state index in [0.29, 0.717) is 11.4 Å². The van der Waals surface area contributed by atoms with E-state index in [4.69, 9.17) is 0 Å². The first kappa shape index (κ1) is 22.8. The molecule has 0 aliphatic carbocycles. The predicted octanol–water partition coefficient (Wildman–Crippen LogP) is 4.46. The van der Waals surface area contributed by atoms with Gasteiger partial charge in [0, 0.05) is 42.6 Å². The summed E-state index contributed by atoms with van der Waals surface area (Å²) in [7, 11) is 0. The van der Waals surface area contributed by atoms with E-state index in [1.165, 1.54) is 31.2 Å². The number of amides is 1. The Morgan fingerprint density at radius 1 is 0.806 bits per heavy atom. The molecule has 2 saturated heterocycles. The Balaban J connectivity index is 1.21. The highest BCUT2D eigenvalue weighted by molar-refractivity contribution is 6.11. The van der Waals surface area contributed by atoms with Gasteiger partial charge in [-0.3, -0.25) is 29.7 Å². The zero-order valence-electron chi connectivity index (χ0n) is 20.4. The highest BCUT2D eigenvalue weighted by Crippen LogP contribution is 2.27. The van der Waals surface area contributed by atoms with Gasteiger partial charge in [-0.1, -0.05) is 6.07 Å². The van der Waals surface area contributed by atoms with E-state index >= 15 is 0 Å². The average molecular weight is 482 g/mol. The van der Waals surface area contributed by atoms with Gasteiger partial charge >= 0.3 is 0 Å². The molecule has 36 heavy (non-hydrogen) atoms. The molecule has 0 radical (unpaired) electrons. The largest absolute Gasteiger partial charge is 0.319 e. The Hall–Kier alpha value is -3.62. The first-order chi connectivity index (χ1) is 17.7. The number of hydrogen-bond donors (Lipinski definition) is 2. The number of H-pyrrole nitrogens is 1. The maximum atomic E-state index is 13.2. The molecule has 0 saturated carbocycles. The van der Waals surface area contributed by atoms with Gasteiger partial charge in [0.15, 0.2) is 5.69 Å². The fourth-order valence-electron chi connectivity index (χ4n) is 5.33. The fraction of sp³-hybridized carbons (Fsp3) is 0.357. The van der Waals surface area contributed by atoms with Crippen molar-refractivity contribution in [2.75, 3.05) is 31.5 Å². The summed E-state index contributed by atoms with van der Waals surface area (Å²) in [6, 6.07) is 10.2. The molecule has 0 bridgehead atoms. The molecule has 184 valence electrons. The zero-order valence-corrected chi connectivity index (χ0v) is 20.4. The van der Waals surface area contributed by atoms with Crippen molar-refractivity contribution < 1.29 is 4.79 Å². The Bertz CT molecular complexity index is 1370. The Morgan fingerprint density at radius 2 is 1.47 bits per heavy atom. The highest BCUT2D eigenvalue weighted by atomic mass is 16.1. The number of rotatable bonds is 7. The van der Waals surface area contributed by atoms with E-state index in [2.05, 4.69) is 41.3 Å².